The molecule has 0 saturated carbocycles. The van der Waals surface area contributed by atoms with Gasteiger partial charge in [0.2, 0.25) is 0 Å². The van der Waals surface area contributed by atoms with Crippen molar-refractivity contribution >= 4 is 6.03 Å². The highest BCUT2D eigenvalue weighted by Crippen LogP contribution is 2.10. The molecule has 106 valence electrons. The van der Waals surface area contributed by atoms with E-state index in [-0.39, 0.29) is 17.6 Å². The van der Waals surface area contributed by atoms with Gasteiger partial charge in [-0.3, -0.25) is 0 Å². The molecule has 18 heavy (non-hydrogen) atoms. The summed E-state index contributed by atoms with van der Waals surface area (Å²) >= 11 is 0. The monoisotopic (exact) mass is 256 g/mol. The Morgan fingerprint density at radius 1 is 1.44 bits per heavy atom. The average Bonchev–Trinajstić information content (AvgIpc) is 2.24. The Bertz CT molecular complexity index is 262. The number of nitrogens with zero attached hydrogens (tertiary/aromatic N) is 1. The number of piperidine rings is 1. The first kappa shape index (κ1) is 15.2. The molecule has 1 heterocycles. The van der Waals surface area contributed by atoms with Crippen LogP contribution in [0.4, 0.5) is 4.79 Å². The van der Waals surface area contributed by atoms with Crippen molar-refractivity contribution in [2.24, 2.45) is 5.73 Å². The van der Waals surface area contributed by atoms with E-state index in [1.807, 2.05) is 20.8 Å². The quantitative estimate of drug-likeness (QED) is 0.700. The standard InChI is InChI=1S/C13H28N4O/c1-13(2,3)16-12(18)15-11-6-4-8-17(10-11)9-5-7-14/h11H,4-10,14H2,1-3H3,(H2,15,16,18)/t11-/m1/s1. The van der Waals surface area contributed by atoms with E-state index >= 15 is 0 Å². The lowest BCUT2D eigenvalue weighted by Gasteiger charge is -2.33. The zero-order valence-electron chi connectivity index (χ0n) is 12.0. The third-order valence-corrected chi connectivity index (χ3v) is 3.01. The Balaban J connectivity index is 2.31. The van der Waals surface area contributed by atoms with Crippen molar-refractivity contribution in [2.45, 2.75) is 51.6 Å². The highest BCUT2D eigenvalue weighted by molar-refractivity contribution is 5.75. The minimum Gasteiger partial charge on any atom is -0.334 e. The zero-order valence-corrected chi connectivity index (χ0v) is 12.0. The summed E-state index contributed by atoms with van der Waals surface area (Å²) in [4.78, 5) is 14.2. The predicted molar refractivity (Wildman–Crippen MR) is 74.6 cm³/mol. The van der Waals surface area contributed by atoms with Crippen molar-refractivity contribution in [1.29, 1.82) is 0 Å². The number of amides is 2. The average molecular weight is 256 g/mol. The van der Waals surface area contributed by atoms with Gasteiger partial charge in [-0.25, -0.2) is 4.79 Å². The first-order valence-electron chi connectivity index (χ1n) is 6.92. The van der Waals surface area contributed by atoms with Gasteiger partial charge in [-0.15, -0.1) is 0 Å². The number of nitrogens with one attached hydrogen (secondary N) is 2. The maximum atomic E-state index is 11.8. The van der Waals surface area contributed by atoms with Gasteiger partial charge in [0.25, 0.3) is 0 Å². The van der Waals surface area contributed by atoms with Gasteiger partial charge in [-0.1, -0.05) is 0 Å². The second-order valence-electron chi connectivity index (χ2n) is 6.13. The predicted octanol–water partition coefficient (Wildman–Crippen LogP) is 0.897. The van der Waals surface area contributed by atoms with E-state index in [2.05, 4.69) is 15.5 Å². The Labute approximate surface area is 110 Å². The van der Waals surface area contributed by atoms with Crippen molar-refractivity contribution in [3.8, 4) is 0 Å². The van der Waals surface area contributed by atoms with Gasteiger partial charge >= 0.3 is 6.03 Å². The molecule has 0 aromatic rings. The number of nitrogens with two attached hydrogens (primary N) is 1. The van der Waals surface area contributed by atoms with Crippen molar-refractivity contribution in [3.63, 3.8) is 0 Å². The Hall–Kier alpha value is -0.810. The van der Waals surface area contributed by atoms with Crippen LogP contribution in [0.25, 0.3) is 0 Å². The molecule has 5 heteroatoms. The zero-order chi connectivity index (χ0) is 13.6. The highest BCUT2D eigenvalue weighted by atomic mass is 16.2. The molecule has 0 radical (unpaired) electrons. The molecule has 5 nitrogen and oxygen atoms in total. The molecule has 0 aliphatic carbocycles. The van der Waals surface area contributed by atoms with Crippen LogP contribution < -0.4 is 16.4 Å². The number of likely N-dealkylation sites (tertiary alicyclic amines) is 1. The van der Waals surface area contributed by atoms with E-state index in [1.165, 1.54) is 0 Å². The number of hydrogen-bond acceptors (Lipinski definition) is 3. The lowest BCUT2D eigenvalue weighted by Crippen LogP contribution is -2.54. The SMILES string of the molecule is CC(C)(C)NC(=O)N[C@@H]1CCCN(CCCN)C1. The minimum absolute atomic E-state index is 0.0619. The Morgan fingerprint density at radius 2 is 2.17 bits per heavy atom. The maximum absolute atomic E-state index is 11.8. The molecule has 2 amide bonds. The molecule has 1 aliphatic heterocycles. The van der Waals surface area contributed by atoms with Crippen molar-refractivity contribution in [1.82, 2.24) is 15.5 Å². The molecule has 0 spiro atoms. The largest absolute Gasteiger partial charge is 0.334 e. The van der Waals surface area contributed by atoms with Gasteiger partial charge in [0, 0.05) is 18.1 Å². The summed E-state index contributed by atoms with van der Waals surface area (Å²) in [5.41, 5.74) is 5.34. The molecule has 0 aromatic carbocycles. The van der Waals surface area contributed by atoms with Crippen LogP contribution in [0.15, 0.2) is 0 Å². The van der Waals surface area contributed by atoms with Gasteiger partial charge in [0.1, 0.15) is 0 Å². The van der Waals surface area contributed by atoms with Gasteiger partial charge in [0.15, 0.2) is 0 Å². The van der Waals surface area contributed by atoms with Crippen molar-refractivity contribution in [3.05, 3.63) is 0 Å². The topological polar surface area (TPSA) is 70.4 Å². The van der Waals surface area contributed by atoms with Crippen LogP contribution in [-0.2, 0) is 0 Å². The normalized spacial score (nSPS) is 21.7. The Morgan fingerprint density at radius 3 is 2.78 bits per heavy atom. The molecule has 0 unspecified atom stereocenters. The number of carbonyl (C=O) groups excluding carboxylic acids is 1. The fourth-order valence-electron chi connectivity index (χ4n) is 2.25. The molecule has 1 saturated heterocycles. The maximum Gasteiger partial charge on any atom is 0.315 e. The molecule has 0 aromatic heterocycles. The number of carbonyl (C=O) groups is 1. The molecule has 1 aliphatic rings. The van der Waals surface area contributed by atoms with Gasteiger partial charge in [-0.2, -0.15) is 0 Å². The van der Waals surface area contributed by atoms with E-state index < -0.39 is 0 Å². The number of rotatable bonds is 4. The molecule has 4 N–H and O–H groups in total. The summed E-state index contributed by atoms with van der Waals surface area (Å²) in [5, 5.41) is 5.99. The van der Waals surface area contributed by atoms with Gasteiger partial charge in [-0.05, 0) is 59.7 Å². The molecule has 0 bridgehead atoms. The lowest BCUT2D eigenvalue weighted by atomic mass is 10.1. The Kier molecular flexibility index (Phi) is 5.88. The van der Waals surface area contributed by atoms with Crippen LogP contribution in [0.2, 0.25) is 0 Å². The van der Waals surface area contributed by atoms with E-state index in [0.29, 0.717) is 0 Å². The summed E-state index contributed by atoms with van der Waals surface area (Å²) in [6, 6.07) is 0.201. The van der Waals surface area contributed by atoms with E-state index in [4.69, 9.17) is 5.73 Å². The third-order valence-electron chi connectivity index (χ3n) is 3.01. The van der Waals surface area contributed by atoms with E-state index in [9.17, 15) is 4.79 Å². The fraction of sp³-hybridized carbons (Fsp3) is 0.923. The smallest absolute Gasteiger partial charge is 0.315 e. The second-order valence-corrected chi connectivity index (χ2v) is 6.13. The van der Waals surface area contributed by atoms with Crippen LogP contribution in [0, 0.1) is 0 Å². The summed E-state index contributed by atoms with van der Waals surface area (Å²) in [5.74, 6) is 0. The van der Waals surface area contributed by atoms with Crippen molar-refractivity contribution < 1.29 is 4.79 Å². The molecular weight excluding hydrogens is 228 g/mol. The molecule has 1 fully saturated rings. The molecule has 1 rings (SSSR count). The lowest BCUT2D eigenvalue weighted by molar-refractivity contribution is 0.182. The number of hydrogen-bond donors (Lipinski definition) is 3. The van der Waals surface area contributed by atoms with E-state index in [0.717, 1.165) is 45.4 Å². The van der Waals surface area contributed by atoms with Crippen LogP contribution >= 0.6 is 0 Å². The first-order valence-corrected chi connectivity index (χ1v) is 6.92. The molecular formula is C13H28N4O. The van der Waals surface area contributed by atoms with E-state index in [1.54, 1.807) is 0 Å². The fourth-order valence-corrected chi connectivity index (χ4v) is 2.25. The second kappa shape index (κ2) is 6.95. The highest BCUT2D eigenvalue weighted by Gasteiger charge is 2.22. The summed E-state index contributed by atoms with van der Waals surface area (Å²) in [7, 11) is 0. The van der Waals surface area contributed by atoms with Crippen LogP contribution in [0.1, 0.15) is 40.0 Å². The van der Waals surface area contributed by atoms with Crippen molar-refractivity contribution in [2.75, 3.05) is 26.2 Å². The van der Waals surface area contributed by atoms with Gasteiger partial charge < -0.3 is 21.3 Å². The van der Waals surface area contributed by atoms with Crippen LogP contribution in [0.5, 0.6) is 0 Å². The first-order chi connectivity index (χ1) is 8.40. The van der Waals surface area contributed by atoms with Crippen LogP contribution in [0.3, 0.4) is 0 Å². The minimum atomic E-state index is -0.183. The third kappa shape index (κ3) is 6.21. The summed E-state index contributed by atoms with van der Waals surface area (Å²) in [6.45, 7) is 9.80. The van der Waals surface area contributed by atoms with Crippen LogP contribution in [-0.4, -0.2) is 48.7 Å². The number of urea groups is 1. The van der Waals surface area contributed by atoms with Gasteiger partial charge in [0.05, 0.1) is 0 Å². The summed E-state index contributed by atoms with van der Waals surface area (Å²) < 4.78 is 0. The molecule has 1 atom stereocenters. The summed E-state index contributed by atoms with van der Waals surface area (Å²) in [6.07, 6.45) is 3.24.